The van der Waals surface area contributed by atoms with E-state index in [4.69, 9.17) is 5.73 Å². The molecule has 2 N–H and O–H groups in total. The second-order valence-corrected chi connectivity index (χ2v) is 6.37. The number of benzene rings is 2. The Kier molecular flexibility index (Phi) is 4.14. The molecule has 0 aromatic heterocycles. The van der Waals surface area contributed by atoms with Gasteiger partial charge in [-0.3, -0.25) is 9.10 Å². The van der Waals surface area contributed by atoms with Crippen LogP contribution < -0.4 is 10.0 Å². The van der Waals surface area contributed by atoms with Gasteiger partial charge in [-0.25, -0.2) is 17.2 Å². The van der Waals surface area contributed by atoms with Gasteiger partial charge >= 0.3 is 0 Å². The molecule has 2 rings (SSSR count). The summed E-state index contributed by atoms with van der Waals surface area (Å²) in [5.41, 5.74) is 5.17. The lowest BCUT2D eigenvalue weighted by atomic mass is 10.2. The summed E-state index contributed by atoms with van der Waals surface area (Å²) < 4.78 is 52.3. The first-order valence-electron chi connectivity index (χ1n) is 6.08. The van der Waals surface area contributed by atoms with Crippen molar-refractivity contribution in [2.45, 2.75) is 4.90 Å². The molecule has 0 bridgehead atoms. The van der Waals surface area contributed by atoms with E-state index in [9.17, 15) is 22.0 Å². The third-order valence-corrected chi connectivity index (χ3v) is 4.85. The lowest BCUT2D eigenvalue weighted by molar-refractivity contribution is 0.100. The maximum atomic E-state index is 13.7. The van der Waals surface area contributed by atoms with Crippen LogP contribution in [0.4, 0.5) is 14.5 Å². The molecule has 0 aliphatic carbocycles. The number of primary amides is 1. The van der Waals surface area contributed by atoms with Gasteiger partial charge in [0, 0.05) is 13.1 Å². The van der Waals surface area contributed by atoms with Crippen molar-refractivity contribution < 1.29 is 22.0 Å². The van der Waals surface area contributed by atoms with Crippen LogP contribution in [0.5, 0.6) is 0 Å². The van der Waals surface area contributed by atoms with Gasteiger partial charge in [-0.2, -0.15) is 0 Å². The fourth-order valence-electron chi connectivity index (χ4n) is 1.92. The fraction of sp³-hybridized carbons (Fsp3) is 0.0714. The highest BCUT2D eigenvalue weighted by Gasteiger charge is 2.27. The van der Waals surface area contributed by atoms with E-state index in [1.807, 2.05) is 0 Å². The number of nitrogens with two attached hydrogens (primary N) is 1. The number of anilines is 1. The summed E-state index contributed by atoms with van der Waals surface area (Å²) in [7, 11) is -3.16. The predicted octanol–water partition coefficient (Wildman–Crippen LogP) is 1.89. The molecule has 0 unspecified atom stereocenters. The van der Waals surface area contributed by atoms with Gasteiger partial charge in [-0.15, -0.1) is 0 Å². The molecular weight excluding hydrogens is 314 g/mol. The third-order valence-electron chi connectivity index (χ3n) is 3.04. The summed E-state index contributed by atoms with van der Waals surface area (Å²) in [6, 6.07) is 7.87. The number of amides is 1. The van der Waals surface area contributed by atoms with Crippen LogP contribution in [0.15, 0.2) is 47.4 Å². The normalized spacial score (nSPS) is 11.2. The molecule has 0 aliphatic rings. The number of hydrogen-bond acceptors (Lipinski definition) is 3. The Morgan fingerprint density at radius 2 is 1.77 bits per heavy atom. The average molecular weight is 326 g/mol. The quantitative estimate of drug-likeness (QED) is 0.931. The van der Waals surface area contributed by atoms with Crippen molar-refractivity contribution in [3.8, 4) is 0 Å². The Balaban J connectivity index is 2.57. The average Bonchev–Trinajstić information content (AvgIpc) is 2.45. The van der Waals surface area contributed by atoms with Crippen LogP contribution in [-0.2, 0) is 10.0 Å². The Hall–Kier alpha value is -2.48. The maximum absolute atomic E-state index is 13.7. The van der Waals surface area contributed by atoms with Crippen molar-refractivity contribution >= 4 is 21.6 Å². The monoisotopic (exact) mass is 326 g/mol. The molecule has 22 heavy (non-hydrogen) atoms. The molecule has 0 aliphatic heterocycles. The Morgan fingerprint density at radius 3 is 2.36 bits per heavy atom. The van der Waals surface area contributed by atoms with Crippen LogP contribution in [0.2, 0.25) is 0 Å². The molecule has 0 fully saturated rings. The van der Waals surface area contributed by atoms with Gasteiger partial charge in [0.2, 0.25) is 0 Å². The summed E-state index contributed by atoms with van der Waals surface area (Å²) in [6.45, 7) is 0. The predicted molar refractivity (Wildman–Crippen MR) is 76.9 cm³/mol. The van der Waals surface area contributed by atoms with Crippen LogP contribution in [0.3, 0.4) is 0 Å². The Bertz CT molecular complexity index is 838. The molecule has 0 saturated heterocycles. The minimum atomic E-state index is -4.31. The minimum Gasteiger partial charge on any atom is -0.366 e. The van der Waals surface area contributed by atoms with Gasteiger partial charge in [0.1, 0.15) is 16.5 Å². The van der Waals surface area contributed by atoms with Gasteiger partial charge in [0.25, 0.3) is 15.9 Å². The number of carbonyl (C=O) groups excluding carboxylic acids is 1. The van der Waals surface area contributed by atoms with Crippen molar-refractivity contribution in [3.05, 3.63) is 59.7 Å². The number of halogens is 2. The zero-order chi connectivity index (χ0) is 16.5. The molecule has 0 radical (unpaired) electrons. The molecule has 8 heteroatoms. The number of hydrogen-bond donors (Lipinski definition) is 1. The summed E-state index contributed by atoms with van der Waals surface area (Å²) in [5.74, 6) is -2.93. The molecular formula is C14H12F2N2O3S. The molecule has 0 spiro atoms. The number of nitrogens with zero attached hydrogens (tertiary/aromatic N) is 1. The highest BCUT2D eigenvalue weighted by atomic mass is 32.2. The van der Waals surface area contributed by atoms with E-state index in [-0.39, 0.29) is 11.3 Å². The molecule has 5 nitrogen and oxygen atoms in total. The first-order chi connectivity index (χ1) is 10.2. The number of sulfonamides is 1. The van der Waals surface area contributed by atoms with Gasteiger partial charge in [-0.1, -0.05) is 12.1 Å². The fourth-order valence-corrected chi connectivity index (χ4v) is 3.18. The van der Waals surface area contributed by atoms with Gasteiger partial charge < -0.3 is 5.73 Å². The van der Waals surface area contributed by atoms with E-state index < -0.39 is 32.5 Å². The second-order valence-electron chi connectivity index (χ2n) is 4.43. The highest BCUT2D eigenvalue weighted by Crippen LogP contribution is 2.26. The topological polar surface area (TPSA) is 80.5 Å². The van der Waals surface area contributed by atoms with Crippen LogP contribution in [0.25, 0.3) is 0 Å². The molecule has 2 aromatic carbocycles. The first kappa shape index (κ1) is 15.9. The van der Waals surface area contributed by atoms with E-state index in [1.54, 1.807) is 0 Å². The molecule has 0 atom stereocenters. The minimum absolute atomic E-state index is 0.00118. The van der Waals surface area contributed by atoms with Gasteiger partial charge in [0.15, 0.2) is 0 Å². The summed E-state index contributed by atoms with van der Waals surface area (Å²) in [5, 5.41) is 0. The zero-order valence-corrected chi connectivity index (χ0v) is 12.3. The van der Waals surface area contributed by atoms with E-state index in [0.717, 1.165) is 23.5 Å². The molecule has 116 valence electrons. The van der Waals surface area contributed by atoms with E-state index in [0.29, 0.717) is 6.07 Å². The summed E-state index contributed by atoms with van der Waals surface area (Å²) >= 11 is 0. The van der Waals surface area contributed by atoms with Crippen LogP contribution in [0, 0.1) is 11.6 Å². The molecule has 0 heterocycles. The number of carbonyl (C=O) groups is 1. The molecule has 1 amide bonds. The van der Waals surface area contributed by atoms with E-state index >= 15 is 0 Å². The molecule has 0 saturated carbocycles. The molecule has 2 aromatic rings. The maximum Gasteiger partial charge on any atom is 0.267 e. The first-order valence-corrected chi connectivity index (χ1v) is 7.52. The van der Waals surface area contributed by atoms with Gasteiger partial charge in [-0.05, 0) is 24.3 Å². The van der Waals surface area contributed by atoms with Crippen molar-refractivity contribution in [2.24, 2.45) is 5.73 Å². The lowest BCUT2D eigenvalue weighted by Gasteiger charge is -2.21. The summed E-state index contributed by atoms with van der Waals surface area (Å²) in [4.78, 5) is 10.7. The summed E-state index contributed by atoms with van der Waals surface area (Å²) in [6.07, 6.45) is 0. The van der Waals surface area contributed by atoms with Gasteiger partial charge in [0.05, 0.1) is 11.3 Å². The van der Waals surface area contributed by atoms with Crippen molar-refractivity contribution in [3.63, 3.8) is 0 Å². The highest BCUT2D eigenvalue weighted by molar-refractivity contribution is 7.92. The SMILES string of the molecule is CN(c1ccccc1C(N)=O)S(=O)(=O)c1ccc(F)cc1F. The van der Waals surface area contributed by atoms with Crippen LogP contribution >= 0.6 is 0 Å². The lowest BCUT2D eigenvalue weighted by Crippen LogP contribution is -2.29. The smallest absolute Gasteiger partial charge is 0.267 e. The van der Waals surface area contributed by atoms with Crippen LogP contribution in [0.1, 0.15) is 10.4 Å². The van der Waals surface area contributed by atoms with Crippen molar-refractivity contribution in [2.75, 3.05) is 11.4 Å². The van der Waals surface area contributed by atoms with Crippen molar-refractivity contribution in [1.29, 1.82) is 0 Å². The van der Waals surface area contributed by atoms with E-state index in [1.165, 1.54) is 24.3 Å². The van der Waals surface area contributed by atoms with E-state index in [2.05, 4.69) is 0 Å². The third kappa shape index (κ3) is 2.77. The Labute approximate surface area is 126 Å². The largest absolute Gasteiger partial charge is 0.366 e. The number of rotatable bonds is 4. The number of para-hydroxylation sites is 1. The Morgan fingerprint density at radius 1 is 1.14 bits per heavy atom. The zero-order valence-electron chi connectivity index (χ0n) is 11.5. The van der Waals surface area contributed by atoms with Crippen LogP contribution in [-0.4, -0.2) is 21.4 Å². The van der Waals surface area contributed by atoms with Crippen molar-refractivity contribution in [1.82, 2.24) is 0 Å². The second kappa shape index (κ2) is 5.72. The standard InChI is InChI=1S/C14H12F2N2O3S/c1-18(12-5-3-2-4-10(12)14(17)19)22(20,21)13-7-6-9(15)8-11(13)16/h2-8H,1H3,(H2,17,19).